The van der Waals surface area contributed by atoms with E-state index in [9.17, 15) is 22.0 Å². The Balaban J connectivity index is 1.67. The van der Waals surface area contributed by atoms with E-state index in [0.29, 0.717) is 11.5 Å². The van der Waals surface area contributed by atoms with Gasteiger partial charge in [-0.2, -0.15) is 0 Å². The van der Waals surface area contributed by atoms with E-state index in [4.69, 9.17) is 0 Å². The second-order valence-electron chi connectivity index (χ2n) is 8.74. The third kappa shape index (κ3) is 6.44. The van der Waals surface area contributed by atoms with E-state index < -0.39 is 23.7 Å². The SMILES string of the molecule is CCC(C)CCC1CCC(c2cc(F)c(-c3ccc(OC(F)(F)F)cc3)c(F)c2)CC1. The van der Waals surface area contributed by atoms with Crippen molar-refractivity contribution < 1.29 is 26.7 Å². The quantitative estimate of drug-likeness (QED) is 0.392. The molecule has 2 aromatic rings. The zero-order valence-electron chi connectivity index (χ0n) is 17.9. The van der Waals surface area contributed by atoms with Gasteiger partial charge in [0.1, 0.15) is 17.4 Å². The summed E-state index contributed by atoms with van der Waals surface area (Å²) in [6.07, 6.45) is 2.83. The molecule has 1 aliphatic rings. The molecule has 6 heteroatoms. The van der Waals surface area contributed by atoms with Gasteiger partial charge in [0, 0.05) is 0 Å². The molecule has 0 radical (unpaired) electrons. The molecule has 170 valence electrons. The molecule has 0 aromatic heterocycles. The first-order valence-corrected chi connectivity index (χ1v) is 11.0. The minimum Gasteiger partial charge on any atom is -0.406 e. The average Bonchev–Trinajstić information content (AvgIpc) is 2.72. The van der Waals surface area contributed by atoms with E-state index in [0.717, 1.165) is 43.7 Å². The lowest BCUT2D eigenvalue weighted by molar-refractivity contribution is -0.274. The number of ether oxygens (including phenoxy) is 1. The van der Waals surface area contributed by atoms with E-state index in [-0.39, 0.29) is 17.0 Å². The van der Waals surface area contributed by atoms with Gasteiger partial charge in [0.2, 0.25) is 0 Å². The van der Waals surface area contributed by atoms with Crippen LogP contribution in [-0.2, 0) is 0 Å². The molecule has 1 saturated carbocycles. The van der Waals surface area contributed by atoms with Gasteiger partial charge in [-0.05, 0) is 78.8 Å². The summed E-state index contributed by atoms with van der Waals surface area (Å²) in [5, 5.41) is 0. The van der Waals surface area contributed by atoms with Gasteiger partial charge in [-0.3, -0.25) is 0 Å². The summed E-state index contributed by atoms with van der Waals surface area (Å²) in [5.41, 5.74) is 0.602. The number of rotatable bonds is 7. The third-order valence-corrected chi connectivity index (χ3v) is 6.52. The van der Waals surface area contributed by atoms with Crippen LogP contribution >= 0.6 is 0 Å². The van der Waals surface area contributed by atoms with E-state index in [1.807, 2.05) is 0 Å². The lowest BCUT2D eigenvalue weighted by Gasteiger charge is -2.29. The van der Waals surface area contributed by atoms with E-state index in [1.54, 1.807) is 0 Å². The Kier molecular flexibility index (Phi) is 7.60. The summed E-state index contributed by atoms with van der Waals surface area (Å²) in [7, 11) is 0. The van der Waals surface area contributed by atoms with Crippen LogP contribution in [0.3, 0.4) is 0 Å². The lowest BCUT2D eigenvalue weighted by Crippen LogP contribution is -2.17. The second-order valence-corrected chi connectivity index (χ2v) is 8.74. The minimum atomic E-state index is -4.81. The number of hydrogen-bond donors (Lipinski definition) is 0. The van der Waals surface area contributed by atoms with Crippen LogP contribution in [0.1, 0.15) is 70.3 Å². The highest BCUT2D eigenvalue weighted by Gasteiger charge is 2.31. The highest BCUT2D eigenvalue weighted by Crippen LogP contribution is 2.40. The Labute approximate surface area is 180 Å². The van der Waals surface area contributed by atoms with Gasteiger partial charge in [0.25, 0.3) is 0 Å². The Morgan fingerprint density at radius 1 is 0.968 bits per heavy atom. The number of halogens is 5. The zero-order valence-corrected chi connectivity index (χ0v) is 17.9. The summed E-state index contributed by atoms with van der Waals surface area (Å²) in [4.78, 5) is 0. The van der Waals surface area contributed by atoms with E-state index in [1.165, 1.54) is 43.5 Å². The maximum absolute atomic E-state index is 14.8. The number of alkyl halides is 3. The summed E-state index contributed by atoms with van der Waals surface area (Å²) < 4.78 is 70.3. The van der Waals surface area contributed by atoms with Crippen molar-refractivity contribution >= 4 is 0 Å². The molecule has 31 heavy (non-hydrogen) atoms. The molecule has 3 rings (SSSR count). The van der Waals surface area contributed by atoms with Crippen LogP contribution in [0.4, 0.5) is 22.0 Å². The van der Waals surface area contributed by atoms with E-state index in [2.05, 4.69) is 18.6 Å². The van der Waals surface area contributed by atoms with Gasteiger partial charge in [0.15, 0.2) is 0 Å². The molecule has 1 aliphatic carbocycles. The zero-order chi connectivity index (χ0) is 22.6. The Hall–Kier alpha value is -2.11. The van der Waals surface area contributed by atoms with Crippen LogP contribution in [-0.4, -0.2) is 6.36 Å². The predicted molar refractivity (Wildman–Crippen MR) is 112 cm³/mol. The Morgan fingerprint density at radius 2 is 1.55 bits per heavy atom. The van der Waals surface area contributed by atoms with Crippen molar-refractivity contribution in [1.82, 2.24) is 0 Å². The van der Waals surface area contributed by atoms with Gasteiger partial charge < -0.3 is 4.74 Å². The fourth-order valence-corrected chi connectivity index (χ4v) is 4.44. The number of benzene rings is 2. The average molecular weight is 440 g/mol. The molecular weight excluding hydrogens is 411 g/mol. The van der Waals surface area contributed by atoms with Crippen molar-refractivity contribution in [3.63, 3.8) is 0 Å². The maximum Gasteiger partial charge on any atom is 0.573 e. The molecule has 1 atom stereocenters. The first kappa shape index (κ1) is 23.6. The van der Waals surface area contributed by atoms with Crippen LogP contribution in [0, 0.1) is 23.5 Å². The van der Waals surface area contributed by atoms with Gasteiger partial charge in [-0.25, -0.2) is 8.78 Å². The molecule has 0 bridgehead atoms. The van der Waals surface area contributed by atoms with Crippen LogP contribution < -0.4 is 4.74 Å². The Morgan fingerprint density at radius 3 is 2.06 bits per heavy atom. The molecule has 0 heterocycles. The standard InChI is InChI=1S/C25H29F5O/c1-3-16(2)4-5-17-6-8-18(9-7-17)20-14-22(26)24(23(27)15-20)19-10-12-21(13-11-19)31-25(28,29)30/h10-18H,3-9H2,1-2H3. The molecule has 0 N–H and O–H groups in total. The summed E-state index contributed by atoms with van der Waals surface area (Å²) in [6.45, 7) is 4.48. The normalized spacial score (nSPS) is 20.5. The van der Waals surface area contributed by atoms with Crippen molar-refractivity contribution in [2.75, 3.05) is 0 Å². The van der Waals surface area contributed by atoms with Crippen molar-refractivity contribution in [2.24, 2.45) is 11.8 Å². The summed E-state index contributed by atoms with van der Waals surface area (Å²) in [5.74, 6) is -0.254. The number of hydrogen-bond acceptors (Lipinski definition) is 1. The molecule has 0 saturated heterocycles. The van der Waals surface area contributed by atoms with Crippen LogP contribution in [0.15, 0.2) is 36.4 Å². The molecule has 2 aromatic carbocycles. The summed E-state index contributed by atoms with van der Waals surface area (Å²) in [6, 6.07) is 7.31. The van der Waals surface area contributed by atoms with Gasteiger partial charge in [-0.15, -0.1) is 13.2 Å². The van der Waals surface area contributed by atoms with E-state index >= 15 is 0 Å². The highest BCUT2D eigenvalue weighted by atomic mass is 19.4. The first-order chi connectivity index (χ1) is 14.7. The minimum absolute atomic E-state index is 0.139. The molecule has 1 fully saturated rings. The predicted octanol–water partition coefficient (Wildman–Crippen LogP) is 8.63. The fourth-order valence-electron chi connectivity index (χ4n) is 4.44. The lowest BCUT2D eigenvalue weighted by atomic mass is 9.76. The molecule has 0 spiro atoms. The summed E-state index contributed by atoms with van der Waals surface area (Å²) >= 11 is 0. The largest absolute Gasteiger partial charge is 0.573 e. The smallest absolute Gasteiger partial charge is 0.406 e. The van der Waals surface area contributed by atoms with Crippen molar-refractivity contribution in [1.29, 1.82) is 0 Å². The van der Waals surface area contributed by atoms with Crippen molar-refractivity contribution in [3.8, 4) is 16.9 Å². The van der Waals surface area contributed by atoms with Crippen LogP contribution in [0.2, 0.25) is 0 Å². The van der Waals surface area contributed by atoms with Crippen LogP contribution in [0.25, 0.3) is 11.1 Å². The second kappa shape index (κ2) is 10.0. The molecule has 1 unspecified atom stereocenters. The van der Waals surface area contributed by atoms with Gasteiger partial charge >= 0.3 is 6.36 Å². The molecule has 0 aliphatic heterocycles. The fraction of sp³-hybridized carbons (Fsp3) is 0.520. The van der Waals surface area contributed by atoms with Gasteiger partial charge in [0.05, 0.1) is 5.56 Å². The topological polar surface area (TPSA) is 9.23 Å². The monoisotopic (exact) mass is 440 g/mol. The van der Waals surface area contributed by atoms with Crippen molar-refractivity contribution in [2.45, 2.75) is 71.1 Å². The maximum atomic E-state index is 14.8. The van der Waals surface area contributed by atoms with Crippen LogP contribution in [0.5, 0.6) is 5.75 Å². The first-order valence-electron chi connectivity index (χ1n) is 11.0. The third-order valence-electron chi connectivity index (χ3n) is 6.52. The van der Waals surface area contributed by atoms with Gasteiger partial charge in [-0.1, -0.05) is 45.2 Å². The Bertz CT molecular complexity index is 828. The highest BCUT2D eigenvalue weighted by molar-refractivity contribution is 5.66. The molecule has 1 nitrogen and oxygen atoms in total. The molecule has 0 amide bonds. The molecular formula is C25H29F5O. The van der Waals surface area contributed by atoms with Crippen molar-refractivity contribution in [3.05, 3.63) is 53.6 Å².